The number of para-hydroxylation sites is 2. The van der Waals surface area contributed by atoms with Gasteiger partial charge in [-0.05, 0) is 43.7 Å². The Kier molecular flexibility index (Phi) is 6.41. The molecule has 1 aliphatic rings. The largest absolute Gasteiger partial charge is 1.00 e. The van der Waals surface area contributed by atoms with Crippen molar-refractivity contribution in [3.63, 3.8) is 0 Å². The Hall–Kier alpha value is -3.31. The van der Waals surface area contributed by atoms with E-state index in [1.54, 1.807) is 12.1 Å². The van der Waals surface area contributed by atoms with Gasteiger partial charge in [-0.1, -0.05) is 42.5 Å². The molecule has 5 rings (SSSR count). The van der Waals surface area contributed by atoms with Crippen molar-refractivity contribution in [2.75, 3.05) is 6.54 Å². The Morgan fingerprint density at radius 1 is 0.882 bits per heavy atom. The fourth-order valence-electron chi connectivity index (χ4n) is 4.70. The van der Waals surface area contributed by atoms with Crippen molar-refractivity contribution in [2.24, 2.45) is 0 Å². The van der Waals surface area contributed by atoms with Crippen LogP contribution in [0.15, 0.2) is 79.0 Å². The number of fused-ring (bicyclic) bond motifs is 2. The molecule has 0 radical (unpaired) electrons. The molecular formula is C28H24ClF3N2. The third-order valence-electron chi connectivity index (χ3n) is 6.30. The second-order valence-electron chi connectivity index (χ2n) is 8.14. The molecule has 0 N–H and O–H groups in total. The van der Waals surface area contributed by atoms with Gasteiger partial charge in [0.15, 0.2) is 6.21 Å². The number of hydrogen-bond donors (Lipinski definition) is 0. The molecule has 2 nitrogen and oxygen atoms in total. The Labute approximate surface area is 203 Å². The highest BCUT2D eigenvalue weighted by atomic mass is 35.5. The molecule has 0 saturated carbocycles. The topological polar surface area (TPSA) is 7.94 Å². The van der Waals surface area contributed by atoms with Crippen LogP contribution in [0.25, 0.3) is 22.0 Å². The van der Waals surface area contributed by atoms with Gasteiger partial charge < -0.3 is 17.0 Å². The van der Waals surface area contributed by atoms with Gasteiger partial charge in [0, 0.05) is 40.8 Å². The number of alkyl halides is 3. The van der Waals surface area contributed by atoms with Crippen molar-refractivity contribution in [2.45, 2.75) is 26.6 Å². The molecule has 0 bridgehead atoms. The van der Waals surface area contributed by atoms with Gasteiger partial charge in [-0.2, -0.15) is 17.7 Å². The van der Waals surface area contributed by atoms with Crippen molar-refractivity contribution < 1.29 is 30.2 Å². The van der Waals surface area contributed by atoms with E-state index in [1.165, 1.54) is 12.1 Å². The highest BCUT2D eigenvalue weighted by molar-refractivity contribution is 6.25. The maximum absolute atomic E-state index is 13.3. The summed E-state index contributed by atoms with van der Waals surface area (Å²) in [5.41, 5.74) is 6.41. The molecule has 6 heteroatoms. The minimum Gasteiger partial charge on any atom is -1.00 e. The molecule has 2 heterocycles. The van der Waals surface area contributed by atoms with Gasteiger partial charge in [-0.15, -0.1) is 0 Å². The normalized spacial score (nSPS) is 14.6. The summed E-state index contributed by atoms with van der Waals surface area (Å²) in [5, 5.41) is 1.09. The van der Waals surface area contributed by atoms with Crippen LogP contribution >= 0.6 is 0 Å². The van der Waals surface area contributed by atoms with E-state index in [4.69, 9.17) is 0 Å². The fourth-order valence-corrected chi connectivity index (χ4v) is 4.70. The molecule has 0 fully saturated rings. The van der Waals surface area contributed by atoms with Gasteiger partial charge in [-0.25, -0.2) is 0 Å². The zero-order valence-corrected chi connectivity index (χ0v) is 19.7. The highest BCUT2D eigenvalue weighted by Crippen LogP contribution is 2.42. The van der Waals surface area contributed by atoms with Gasteiger partial charge in [0.1, 0.15) is 6.54 Å². The Morgan fingerprint density at radius 3 is 2.24 bits per heavy atom. The molecule has 0 saturated heterocycles. The SMILES string of the molecule is CCn1cc(C(=C2C=[N+](CC)c3ccccc32)c2ccc(C(F)(F)F)cc2)c2ccccc21.[Cl-]. The molecule has 1 aromatic heterocycles. The third-order valence-corrected chi connectivity index (χ3v) is 6.30. The molecule has 0 spiro atoms. The number of aryl methyl sites for hydroxylation is 1. The van der Waals surface area contributed by atoms with Crippen LogP contribution in [0.1, 0.15) is 36.1 Å². The average molecular weight is 481 g/mol. The molecule has 174 valence electrons. The maximum Gasteiger partial charge on any atom is 0.416 e. The molecule has 34 heavy (non-hydrogen) atoms. The van der Waals surface area contributed by atoms with Crippen molar-refractivity contribution in [1.29, 1.82) is 0 Å². The second kappa shape index (κ2) is 9.15. The predicted octanol–water partition coefficient (Wildman–Crippen LogP) is 4.39. The lowest BCUT2D eigenvalue weighted by Gasteiger charge is -2.12. The first kappa shape index (κ1) is 23.8. The van der Waals surface area contributed by atoms with Gasteiger partial charge >= 0.3 is 6.18 Å². The van der Waals surface area contributed by atoms with Crippen LogP contribution in [0.2, 0.25) is 0 Å². The van der Waals surface area contributed by atoms with Crippen LogP contribution < -0.4 is 12.4 Å². The second-order valence-corrected chi connectivity index (χ2v) is 8.14. The van der Waals surface area contributed by atoms with Crippen molar-refractivity contribution >= 4 is 34.0 Å². The van der Waals surface area contributed by atoms with E-state index in [0.29, 0.717) is 0 Å². The predicted molar refractivity (Wildman–Crippen MR) is 128 cm³/mol. The first-order valence-electron chi connectivity index (χ1n) is 11.1. The molecule has 3 aromatic carbocycles. The number of halogens is 4. The Morgan fingerprint density at radius 2 is 1.56 bits per heavy atom. The zero-order valence-electron chi connectivity index (χ0n) is 18.9. The molecule has 0 atom stereocenters. The van der Waals surface area contributed by atoms with Crippen LogP contribution in [0.4, 0.5) is 18.9 Å². The number of nitrogens with zero attached hydrogens (tertiary/aromatic N) is 2. The van der Waals surface area contributed by atoms with E-state index in [2.05, 4.69) is 59.7 Å². The summed E-state index contributed by atoms with van der Waals surface area (Å²) in [5.74, 6) is 0. The Balaban J connectivity index is 0.00000274. The summed E-state index contributed by atoms with van der Waals surface area (Å²) >= 11 is 0. The first-order valence-corrected chi connectivity index (χ1v) is 11.1. The van der Waals surface area contributed by atoms with E-state index < -0.39 is 11.7 Å². The molecule has 1 aliphatic heterocycles. The molecule has 0 unspecified atom stereocenters. The highest BCUT2D eigenvalue weighted by Gasteiger charge is 2.32. The van der Waals surface area contributed by atoms with Crippen LogP contribution in [-0.2, 0) is 12.7 Å². The number of aromatic nitrogens is 1. The van der Waals surface area contributed by atoms with E-state index in [0.717, 1.165) is 57.5 Å². The molecular weight excluding hydrogens is 457 g/mol. The van der Waals surface area contributed by atoms with E-state index in [1.807, 2.05) is 24.3 Å². The number of allylic oxidation sites excluding steroid dienone is 1. The summed E-state index contributed by atoms with van der Waals surface area (Å²) in [6.45, 7) is 5.79. The third kappa shape index (κ3) is 3.94. The van der Waals surface area contributed by atoms with Gasteiger partial charge in [0.2, 0.25) is 5.69 Å². The van der Waals surface area contributed by atoms with E-state index >= 15 is 0 Å². The van der Waals surface area contributed by atoms with Crippen molar-refractivity contribution in [1.82, 2.24) is 4.57 Å². The number of hydrogen-bond acceptors (Lipinski definition) is 0. The van der Waals surface area contributed by atoms with Gasteiger partial charge in [-0.3, -0.25) is 0 Å². The van der Waals surface area contributed by atoms with E-state index in [-0.39, 0.29) is 12.4 Å². The minimum atomic E-state index is -4.37. The zero-order chi connectivity index (χ0) is 23.2. The van der Waals surface area contributed by atoms with Crippen LogP contribution in [0.3, 0.4) is 0 Å². The average Bonchev–Trinajstić information content (AvgIpc) is 3.38. The monoisotopic (exact) mass is 480 g/mol. The quantitative estimate of drug-likeness (QED) is 0.383. The van der Waals surface area contributed by atoms with E-state index in [9.17, 15) is 13.2 Å². The lowest BCUT2D eigenvalue weighted by molar-refractivity contribution is -0.427. The number of benzene rings is 3. The first-order chi connectivity index (χ1) is 15.9. The number of rotatable bonds is 4. The van der Waals surface area contributed by atoms with Crippen LogP contribution in [-0.4, -0.2) is 21.9 Å². The van der Waals surface area contributed by atoms with Gasteiger partial charge in [0.25, 0.3) is 0 Å². The van der Waals surface area contributed by atoms with Crippen LogP contribution in [0.5, 0.6) is 0 Å². The summed E-state index contributed by atoms with van der Waals surface area (Å²) in [4.78, 5) is 0. The Bertz CT molecular complexity index is 1410. The smallest absolute Gasteiger partial charge is 0.416 e. The minimum absolute atomic E-state index is 0. The van der Waals surface area contributed by atoms with Crippen molar-refractivity contribution in [3.8, 4) is 0 Å². The molecule has 0 amide bonds. The molecule has 0 aliphatic carbocycles. The standard InChI is InChI=1S/C28H24F3N2.ClH/c1-3-32-17-23(21-9-5-7-11-25(21)32)27(19-13-15-20(16-14-19)28(29,30)31)24-18-33(4-2)26-12-8-6-10-22(24)26;/h5-18H,3-4H2,1-2H3;1H/q+1;/p-1. The van der Waals surface area contributed by atoms with Gasteiger partial charge in [0.05, 0.1) is 16.7 Å². The summed E-state index contributed by atoms with van der Waals surface area (Å²) in [6.07, 6.45) is -0.124. The van der Waals surface area contributed by atoms with Crippen LogP contribution in [0, 0.1) is 0 Å². The maximum atomic E-state index is 13.3. The lowest BCUT2D eigenvalue weighted by atomic mass is 9.89. The lowest BCUT2D eigenvalue weighted by Crippen LogP contribution is -3.00. The molecule has 4 aromatic rings. The summed E-state index contributed by atoms with van der Waals surface area (Å²) in [7, 11) is 0. The summed E-state index contributed by atoms with van der Waals surface area (Å²) in [6, 6.07) is 21.9. The van der Waals surface area contributed by atoms with Crippen molar-refractivity contribution in [3.05, 3.63) is 101 Å². The fraction of sp³-hybridized carbons (Fsp3) is 0.179. The summed E-state index contributed by atoms with van der Waals surface area (Å²) < 4.78 is 44.2.